The van der Waals surface area contributed by atoms with Crippen LogP contribution in [-0.2, 0) is 4.74 Å². The van der Waals surface area contributed by atoms with Crippen LogP contribution in [0.2, 0.25) is 0 Å². The highest BCUT2D eigenvalue weighted by atomic mass is 16.6. The molecule has 27 heavy (non-hydrogen) atoms. The number of anilines is 1. The van der Waals surface area contributed by atoms with E-state index in [2.05, 4.69) is 4.98 Å². The number of carboxylic acid groups (broad SMARTS) is 1. The number of rotatable bonds is 3. The van der Waals surface area contributed by atoms with Crippen molar-refractivity contribution in [3.05, 3.63) is 48.3 Å². The first-order chi connectivity index (χ1) is 12.6. The summed E-state index contributed by atoms with van der Waals surface area (Å²) in [5.74, 6) is -0.531. The van der Waals surface area contributed by atoms with Crippen LogP contribution in [0.15, 0.2) is 42.6 Å². The lowest BCUT2D eigenvalue weighted by Crippen LogP contribution is -2.28. The zero-order valence-corrected chi connectivity index (χ0v) is 15.1. The largest absolute Gasteiger partial charge is 0.477 e. The summed E-state index contributed by atoms with van der Waals surface area (Å²) in [7, 11) is 0. The molecule has 0 spiro atoms. The number of carbonyl (C=O) groups is 2. The molecular weight excluding hydrogens is 350 g/mol. The molecule has 0 atom stereocenters. The van der Waals surface area contributed by atoms with E-state index in [0.717, 1.165) is 4.57 Å². The van der Waals surface area contributed by atoms with Crippen molar-refractivity contribution >= 4 is 28.7 Å². The van der Waals surface area contributed by atoms with Crippen molar-refractivity contribution in [2.75, 3.05) is 5.73 Å². The zero-order valence-electron chi connectivity index (χ0n) is 15.1. The SMILES string of the molecule is CC(C)(C)OC(=O)n1c(C(=O)O)cc2ccc(Oc3ccc(N)cn3)cc21. The van der Waals surface area contributed by atoms with E-state index in [0.29, 0.717) is 28.2 Å². The Kier molecular flexibility index (Phi) is 4.49. The number of fused-ring (bicyclic) bond motifs is 1. The van der Waals surface area contributed by atoms with Gasteiger partial charge in [-0.3, -0.25) is 0 Å². The molecule has 0 bridgehead atoms. The topological polar surface area (TPSA) is 117 Å². The number of nitrogens with two attached hydrogens (primary N) is 1. The van der Waals surface area contributed by atoms with E-state index in [4.69, 9.17) is 15.2 Å². The third-order valence-electron chi connectivity index (χ3n) is 3.55. The van der Waals surface area contributed by atoms with Crippen LogP contribution in [0.25, 0.3) is 10.9 Å². The zero-order chi connectivity index (χ0) is 19.8. The number of carbonyl (C=O) groups excluding carboxylic acids is 1. The molecule has 0 saturated carbocycles. The Morgan fingerprint density at radius 1 is 1.15 bits per heavy atom. The van der Waals surface area contributed by atoms with Crippen LogP contribution in [0.5, 0.6) is 11.6 Å². The summed E-state index contributed by atoms with van der Waals surface area (Å²) >= 11 is 0. The Morgan fingerprint density at radius 2 is 1.89 bits per heavy atom. The summed E-state index contributed by atoms with van der Waals surface area (Å²) in [4.78, 5) is 28.2. The second kappa shape index (κ2) is 6.64. The molecule has 0 saturated heterocycles. The lowest BCUT2D eigenvalue weighted by molar-refractivity contribution is 0.0513. The number of carboxylic acids is 1. The van der Waals surface area contributed by atoms with Gasteiger partial charge in [0.05, 0.1) is 17.4 Å². The van der Waals surface area contributed by atoms with Crippen molar-refractivity contribution in [3.63, 3.8) is 0 Å². The molecule has 140 valence electrons. The van der Waals surface area contributed by atoms with E-state index in [1.807, 2.05) is 0 Å². The Bertz CT molecular complexity index is 1020. The molecule has 1 aromatic carbocycles. The Hall–Kier alpha value is -3.55. The summed E-state index contributed by atoms with van der Waals surface area (Å²) < 4.78 is 12.0. The molecule has 3 aromatic rings. The number of pyridine rings is 1. The van der Waals surface area contributed by atoms with Gasteiger partial charge in [0.2, 0.25) is 5.88 Å². The first kappa shape index (κ1) is 18.2. The van der Waals surface area contributed by atoms with Gasteiger partial charge >= 0.3 is 12.1 Å². The minimum absolute atomic E-state index is 0.193. The van der Waals surface area contributed by atoms with E-state index in [9.17, 15) is 14.7 Å². The molecule has 8 nitrogen and oxygen atoms in total. The fourth-order valence-electron chi connectivity index (χ4n) is 2.48. The highest BCUT2D eigenvalue weighted by Crippen LogP contribution is 2.28. The monoisotopic (exact) mass is 369 g/mol. The van der Waals surface area contributed by atoms with Crippen molar-refractivity contribution in [2.24, 2.45) is 0 Å². The molecule has 0 aliphatic heterocycles. The Morgan fingerprint density at radius 3 is 2.48 bits per heavy atom. The van der Waals surface area contributed by atoms with Crippen LogP contribution in [0.3, 0.4) is 0 Å². The molecule has 0 aliphatic rings. The smallest absolute Gasteiger partial charge is 0.419 e. The third kappa shape index (κ3) is 4.00. The number of ether oxygens (including phenoxy) is 2. The van der Waals surface area contributed by atoms with Gasteiger partial charge < -0.3 is 20.3 Å². The van der Waals surface area contributed by atoms with Gasteiger partial charge in [0.25, 0.3) is 0 Å². The van der Waals surface area contributed by atoms with Gasteiger partial charge in [0, 0.05) is 17.5 Å². The lowest BCUT2D eigenvalue weighted by Gasteiger charge is -2.20. The summed E-state index contributed by atoms with van der Waals surface area (Å²) in [6, 6.07) is 9.54. The van der Waals surface area contributed by atoms with E-state index in [1.165, 1.54) is 12.3 Å². The van der Waals surface area contributed by atoms with Crippen molar-refractivity contribution < 1.29 is 24.2 Å². The predicted octanol–water partition coefficient (Wildman–Crippen LogP) is 3.89. The molecule has 3 N–H and O–H groups in total. The molecule has 0 amide bonds. The minimum Gasteiger partial charge on any atom is -0.477 e. The van der Waals surface area contributed by atoms with Crippen LogP contribution in [-0.4, -0.2) is 32.3 Å². The minimum atomic E-state index is -1.24. The number of aromatic carboxylic acids is 1. The maximum atomic E-state index is 12.6. The van der Waals surface area contributed by atoms with Crippen LogP contribution < -0.4 is 10.5 Å². The van der Waals surface area contributed by atoms with Gasteiger partial charge in [-0.05, 0) is 45.0 Å². The van der Waals surface area contributed by atoms with Crippen LogP contribution >= 0.6 is 0 Å². The average Bonchev–Trinajstić information content (AvgIpc) is 2.94. The molecule has 2 heterocycles. The lowest BCUT2D eigenvalue weighted by atomic mass is 10.2. The number of benzene rings is 1. The quantitative estimate of drug-likeness (QED) is 0.719. The van der Waals surface area contributed by atoms with Crippen LogP contribution in [0, 0.1) is 0 Å². The normalized spacial score (nSPS) is 11.4. The summed E-state index contributed by atoms with van der Waals surface area (Å²) in [5, 5.41) is 10.0. The van der Waals surface area contributed by atoms with Crippen molar-refractivity contribution in [1.29, 1.82) is 0 Å². The van der Waals surface area contributed by atoms with E-state index in [-0.39, 0.29) is 5.69 Å². The highest BCUT2D eigenvalue weighted by Gasteiger charge is 2.25. The number of aromatic nitrogens is 2. The van der Waals surface area contributed by atoms with Crippen molar-refractivity contribution in [3.8, 4) is 11.6 Å². The van der Waals surface area contributed by atoms with Gasteiger partial charge in [0.15, 0.2) is 0 Å². The summed E-state index contributed by atoms with van der Waals surface area (Å²) in [5.41, 5.74) is 5.49. The molecule has 8 heteroatoms. The van der Waals surface area contributed by atoms with Crippen LogP contribution in [0.1, 0.15) is 31.3 Å². The number of nitrogens with zero attached hydrogens (tertiary/aromatic N) is 2. The molecule has 2 aromatic heterocycles. The number of hydrogen-bond acceptors (Lipinski definition) is 6. The summed E-state index contributed by atoms with van der Waals surface area (Å²) in [6.45, 7) is 5.12. The first-order valence-corrected chi connectivity index (χ1v) is 8.15. The molecular formula is C19H19N3O5. The fraction of sp³-hybridized carbons (Fsp3) is 0.211. The standard InChI is InChI=1S/C19H19N3O5/c1-19(2,3)27-18(25)22-14-9-13(26-16-7-5-12(20)10-21-16)6-4-11(14)8-15(22)17(23)24/h4-10H,20H2,1-3H3,(H,23,24). The van der Waals surface area contributed by atoms with Gasteiger partial charge in [-0.15, -0.1) is 0 Å². The predicted molar refractivity (Wildman–Crippen MR) is 99.3 cm³/mol. The first-order valence-electron chi connectivity index (χ1n) is 8.15. The maximum absolute atomic E-state index is 12.6. The molecule has 0 aliphatic carbocycles. The van der Waals surface area contributed by atoms with Gasteiger partial charge in [0.1, 0.15) is 17.0 Å². The van der Waals surface area contributed by atoms with E-state index < -0.39 is 17.7 Å². The second-order valence-corrected chi connectivity index (χ2v) is 6.90. The van der Waals surface area contributed by atoms with Gasteiger partial charge in [-0.25, -0.2) is 19.1 Å². The average molecular weight is 369 g/mol. The molecule has 0 radical (unpaired) electrons. The second-order valence-electron chi connectivity index (χ2n) is 6.90. The fourth-order valence-corrected chi connectivity index (χ4v) is 2.48. The van der Waals surface area contributed by atoms with Gasteiger partial charge in [-0.2, -0.15) is 0 Å². The Labute approximate surface area is 155 Å². The molecule has 0 fully saturated rings. The van der Waals surface area contributed by atoms with Gasteiger partial charge in [-0.1, -0.05) is 0 Å². The third-order valence-corrected chi connectivity index (χ3v) is 3.55. The van der Waals surface area contributed by atoms with E-state index in [1.54, 1.807) is 51.1 Å². The van der Waals surface area contributed by atoms with Crippen molar-refractivity contribution in [1.82, 2.24) is 9.55 Å². The number of nitrogen functional groups attached to an aromatic ring is 1. The van der Waals surface area contributed by atoms with Crippen molar-refractivity contribution in [2.45, 2.75) is 26.4 Å². The Balaban J connectivity index is 2.05. The summed E-state index contributed by atoms with van der Waals surface area (Å²) in [6.07, 6.45) is 0.678. The maximum Gasteiger partial charge on any atom is 0.419 e. The van der Waals surface area contributed by atoms with Crippen LogP contribution in [0.4, 0.5) is 10.5 Å². The van der Waals surface area contributed by atoms with E-state index >= 15 is 0 Å². The molecule has 3 rings (SSSR count). The number of hydrogen-bond donors (Lipinski definition) is 2. The molecule has 0 unspecified atom stereocenters. The highest BCUT2D eigenvalue weighted by molar-refractivity contribution is 6.01.